The third kappa shape index (κ3) is 3.91. The zero-order chi connectivity index (χ0) is 20.5. The summed E-state index contributed by atoms with van der Waals surface area (Å²) in [6.45, 7) is 4.14. The Kier molecular flexibility index (Phi) is 5.61. The molecular formula is C23H22Cl2N4O. The van der Waals surface area contributed by atoms with Crippen molar-refractivity contribution in [1.29, 1.82) is 0 Å². The molecule has 1 aromatic carbocycles. The van der Waals surface area contributed by atoms with Gasteiger partial charge in [0.25, 0.3) is 0 Å². The van der Waals surface area contributed by atoms with E-state index in [0.29, 0.717) is 0 Å². The van der Waals surface area contributed by atoms with Gasteiger partial charge in [-0.3, -0.25) is 9.89 Å². The van der Waals surface area contributed by atoms with Crippen LogP contribution in [-0.4, -0.2) is 52.2 Å². The molecule has 0 radical (unpaired) electrons. The number of rotatable bonds is 4. The molecule has 1 saturated heterocycles. The second-order valence-corrected chi connectivity index (χ2v) is 8.51. The Morgan fingerprint density at radius 2 is 1.87 bits per heavy atom. The van der Waals surface area contributed by atoms with Gasteiger partial charge in [-0.25, -0.2) is 4.98 Å². The number of aromatic nitrogens is 2. The van der Waals surface area contributed by atoms with Crippen molar-refractivity contribution >= 4 is 35.1 Å². The minimum atomic E-state index is -0.158. The number of fused-ring (bicyclic) bond motifs is 1. The maximum absolute atomic E-state index is 6.52. The Balaban J connectivity index is 1.61. The number of imidazole rings is 1. The molecule has 3 aromatic rings. The standard InChI is InChI=1S/C23H22Cl2N4O/c24-18-6-3-16(4-7-18)23-20(15-28-10-12-30-13-11-28)29-14-17(5-8-21(29)27-23)22-19(25)2-1-9-26-22/h1-9,14,19,22H,10-13,15H2. The van der Waals surface area contributed by atoms with E-state index < -0.39 is 0 Å². The van der Waals surface area contributed by atoms with Crippen molar-refractivity contribution in [2.24, 2.45) is 4.99 Å². The molecule has 0 bridgehead atoms. The Labute approximate surface area is 185 Å². The van der Waals surface area contributed by atoms with Crippen LogP contribution in [0, 0.1) is 0 Å². The molecular weight excluding hydrogens is 419 g/mol. The summed E-state index contributed by atoms with van der Waals surface area (Å²) in [4.78, 5) is 12.0. The highest BCUT2D eigenvalue weighted by Crippen LogP contribution is 2.31. The summed E-state index contributed by atoms with van der Waals surface area (Å²) in [5, 5.41) is 0.560. The molecule has 2 aliphatic rings. The number of halogens is 2. The van der Waals surface area contributed by atoms with Gasteiger partial charge in [-0.1, -0.05) is 35.9 Å². The second kappa shape index (κ2) is 8.52. The fourth-order valence-electron chi connectivity index (χ4n) is 4.00. The number of dihydropyridines is 1. The maximum Gasteiger partial charge on any atom is 0.137 e. The Morgan fingerprint density at radius 1 is 1.07 bits per heavy atom. The first-order valence-corrected chi connectivity index (χ1v) is 10.9. The number of morpholine rings is 1. The molecule has 5 nitrogen and oxygen atoms in total. The molecule has 0 saturated carbocycles. The largest absolute Gasteiger partial charge is 0.379 e. The summed E-state index contributed by atoms with van der Waals surface area (Å²) in [6.07, 6.45) is 7.82. The lowest BCUT2D eigenvalue weighted by Crippen LogP contribution is -2.36. The van der Waals surface area contributed by atoms with Crippen LogP contribution in [0.2, 0.25) is 5.02 Å². The first-order chi connectivity index (χ1) is 14.7. The van der Waals surface area contributed by atoms with E-state index in [1.54, 1.807) is 0 Å². The van der Waals surface area contributed by atoms with E-state index in [1.807, 2.05) is 42.6 Å². The van der Waals surface area contributed by atoms with Gasteiger partial charge in [-0.2, -0.15) is 0 Å². The van der Waals surface area contributed by atoms with Gasteiger partial charge in [-0.05, 0) is 29.8 Å². The first kappa shape index (κ1) is 19.8. The van der Waals surface area contributed by atoms with Crippen LogP contribution in [0.1, 0.15) is 17.3 Å². The van der Waals surface area contributed by atoms with Gasteiger partial charge >= 0.3 is 0 Å². The molecule has 7 heteroatoms. The number of benzene rings is 1. The number of ether oxygens (including phenoxy) is 1. The molecule has 2 atom stereocenters. The van der Waals surface area contributed by atoms with Crippen LogP contribution in [0.25, 0.3) is 16.9 Å². The van der Waals surface area contributed by atoms with Gasteiger partial charge in [0.1, 0.15) is 5.65 Å². The van der Waals surface area contributed by atoms with Crippen LogP contribution in [-0.2, 0) is 11.3 Å². The van der Waals surface area contributed by atoms with Gasteiger partial charge in [-0.15, -0.1) is 11.6 Å². The van der Waals surface area contributed by atoms with Crippen LogP contribution in [0.5, 0.6) is 0 Å². The van der Waals surface area contributed by atoms with Gasteiger partial charge in [0, 0.05) is 42.6 Å². The zero-order valence-corrected chi connectivity index (χ0v) is 17.9. The monoisotopic (exact) mass is 440 g/mol. The predicted molar refractivity (Wildman–Crippen MR) is 122 cm³/mol. The molecule has 4 heterocycles. The number of nitrogens with zero attached hydrogens (tertiary/aromatic N) is 4. The Bertz CT molecular complexity index is 1100. The minimum Gasteiger partial charge on any atom is -0.379 e. The van der Waals surface area contributed by atoms with Crippen LogP contribution in [0.15, 0.2) is 59.7 Å². The van der Waals surface area contributed by atoms with E-state index in [-0.39, 0.29) is 11.4 Å². The highest BCUT2D eigenvalue weighted by molar-refractivity contribution is 6.30. The zero-order valence-electron chi connectivity index (χ0n) is 16.4. The summed E-state index contributed by atoms with van der Waals surface area (Å²) in [5.41, 5.74) is 5.17. The van der Waals surface area contributed by atoms with Crippen molar-refractivity contribution in [3.63, 3.8) is 0 Å². The highest BCUT2D eigenvalue weighted by Gasteiger charge is 2.23. The van der Waals surface area contributed by atoms with E-state index >= 15 is 0 Å². The van der Waals surface area contributed by atoms with Crippen molar-refractivity contribution in [2.45, 2.75) is 18.0 Å². The van der Waals surface area contributed by atoms with Crippen molar-refractivity contribution in [1.82, 2.24) is 14.3 Å². The average molecular weight is 441 g/mol. The molecule has 0 aliphatic carbocycles. The molecule has 0 amide bonds. The van der Waals surface area contributed by atoms with Crippen molar-refractivity contribution in [3.8, 4) is 11.3 Å². The smallest absolute Gasteiger partial charge is 0.137 e. The lowest BCUT2D eigenvalue weighted by molar-refractivity contribution is 0.0336. The van der Waals surface area contributed by atoms with Crippen LogP contribution < -0.4 is 0 Å². The molecule has 154 valence electrons. The number of alkyl halides is 1. The molecule has 1 fully saturated rings. The minimum absolute atomic E-state index is 0.0984. The van der Waals surface area contributed by atoms with E-state index in [0.717, 1.165) is 66.0 Å². The topological polar surface area (TPSA) is 42.1 Å². The molecule has 2 aliphatic heterocycles. The van der Waals surface area contributed by atoms with Gasteiger partial charge in [0.15, 0.2) is 0 Å². The first-order valence-electron chi connectivity index (χ1n) is 10.1. The summed E-state index contributed by atoms with van der Waals surface area (Å²) in [7, 11) is 0. The van der Waals surface area contributed by atoms with Gasteiger partial charge in [0.05, 0.1) is 36.0 Å². The highest BCUT2D eigenvalue weighted by atomic mass is 35.5. The average Bonchev–Trinajstić information content (AvgIpc) is 3.13. The molecule has 5 rings (SSSR count). The summed E-state index contributed by atoms with van der Waals surface area (Å²) in [6, 6.07) is 11.9. The fourth-order valence-corrected chi connectivity index (χ4v) is 4.42. The lowest BCUT2D eigenvalue weighted by atomic mass is 10.0. The number of aliphatic imine (C=N–C) groups is 1. The number of hydrogen-bond donors (Lipinski definition) is 0. The molecule has 0 spiro atoms. The van der Waals surface area contributed by atoms with Crippen LogP contribution >= 0.6 is 23.2 Å². The van der Waals surface area contributed by atoms with Crippen molar-refractivity contribution in [2.75, 3.05) is 26.3 Å². The van der Waals surface area contributed by atoms with Crippen molar-refractivity contribution in [3.05, 3.63) is 71.0 Å². The summed E-state index contributed by atoms with van der Waals surface area (Å²) in [5.74, 6) is 0. The van der Waals surface area contributed by atoms with Gasteiger partial charge in [0.2, 0.25) is 0 Å². The van der Waals surface area contributed by atoms with Crippen LogP contribution in [0.3, 0.4) is 0 Å². The van der Waals surface area contributed by atoms with Crippen LogP contribution in [0.4, 0.5) is 0 Å². The van der Waals surface area contributed by atoms with E-state index in [1.165, 1.54) is 0 Å². The SMILES string of the molecule is Clc1ccc(-c2nc3ccc(C4N=CC=CC4Cl)cn3c2CN2CCOCC2)cc1. The summed E-state index contributed by atoms with van der Waals surface area (Å²) < 4.78 is 7.72. The molecule has 2 aromatic heterocycles. The quantitative estimate of drug-likeness (QED) is 0.548. The van der Waals surface area contributed by atoms with E-state index in [2.05, 4.69) is 32.6 Å². The Morgan fingerprint density at radius 3 is 2.63 bits per heavy atom. The number of pyridine rings is 1. The summed E-state index contributed by atoms with van der Waals surface area (Å²) >= 11 is 12.6. The maximum atomic E-state index is 6.52. The predicted octanol–water partition coefficient (Wildman–Crippen LogP) is 4.78. The fraction of sp³-hybridized carbons (Fsp3) is 0.304. The van der Waals surface area contributed by atoms with Crippen molar-refractivity contribution < 1.29 is 4.74 Å². The van der Waals surface area contributed by atoms with Gasteiger partial charge < -0.3 is 9.14 Å². The normalized spacial score (nSPS) is 22.1. The third-order valence-corrected chi connectivity index (χ3v) is 6.24. The molecule has 0 N–H and O–H groups in total. The molecule has 30 heavy (non-hydrogen) atoms. The Hall–Kier alpha value is -2.18. The third-order valence-electron chi connectivity index (χ3n) is 5.61. The second-order valence-electron chi connectivity index (χ2n) is 7.57. The number of allylic oxidation sites excluding steroid dienone is 1. The lowest BCUT2D eigenvalue weighted by Gasteiger charge is -2.27. The van der Waals surface area contributed by atoms with E-state index in [4.69, 9.17) is 32.9 Å². The number of hydrogen-bond acceptors (Lipinski definition) is 4. The van der Waals surface area contributed by atoms with E-state index in [9.17, 15) is 0 Å². The molecule has 2 unspecified atom stereocenters.